The van der Waals surface area contributed by atoms with Gasteiger partial charge in [-0.3, -0.25) is 4.98 Å². The molecular formula is C20H16N4O3. The van der Waals surface area contributed by atoms with Crippen LogP contribution in [0.1, 0.15) is 10.4 Å². The molecule has 0 aliphatic rings. The van der Waals surface area contributed by atoms with Gasteiger partial charge in [0.15, 0.2) is 0 Å². The number of hydrogen-bond donors (Lipinski definition) is 2. The fraction of sp³-hybridized carbons (Fsp3) is 0.0500. The zero-order chi connectivity index (χ0) is 18.6. The number of anilines is 2. The Morgan fingerprint density at radius 2 is 1.74 bits per heavy atom. The summed E-state index contributed by atoms with van der Waals surface area (Å²) < 4.78 is 10.5. The van der Waals surface area contributed by atoms with E-state index in [4.69, 9.17) is 9.47 Å². The molecule has 0 amide bonds. The topological polar surface area (TPSA) is 89.1 Å². The van der Waals surface area contributed by atoms with Gasteiger partial charge in [0.25, 0.3) is 0 Å². The highest BCUT2D eigenvalue weighted by Gasteiger charge is 2.09. The lowest BCUT2D eigenvalue weighted by Gasteiger charge is -2.07. The summed E-state index contributed by atoms with van der Waals surface area (Å²) in [6.45, 7) is 0. The number of benzene rings is 2. The molecule has 0 fully saturated rings. The van der Waals surface area contributed by atoms with Gasteiger partial charge in [-0.25, -0.2) is 9.78 Å². The van der Waals surface area contributed by atoms with Crippen LogP contribution in [-0.4, -0.2) is 28.0 Å². The lowest BCUT2D eigenvalue weighted by molar-refractivity contribution is 0.0601. The number of esters is 1. The summed E-state index contributed by atoms with van der Waals surface area (Å²) in [7, 11) is 1.36. The maximum Gasteiger partial charge on any atom is 0.337 e. The van der Waals surface area contributed by atoms with Gasteiger partial charge in [-0.2, -0.15) is 0 Å². The fourth-order valence-corrected chi connectivity index (χ4v) is 2.60. The third-order valence-electron chi connectivity index (χ3n) is 3.91. The van der Waals surface area contributed by atoms with Crippen LogP contribution in [0.15, 0.2) is 67.0 Å². The lowest BCUT2D eigenvalue weighted by atomic mass is 10.2. The summed E-state index contributed by atoms with van der Waals surface area (Å²) in [6, 6.07) is 16.3. The number of rotatable bonds is 5. The van der Waals surface area contributed by atoms with Gasteiger partial charge in [0.05, 0.1) is 23.7 Å². The number of methoxy groups -OCH3 is 1. The summed E-state index contributed by atoms with van der Waals surface area (Å²) in [5, 5.41) is 3.20. The van der Waals surface area contributed by atoms with Gasteiger partial charge in [0, 0.05) is 18.1 Å². The van der Waals surface area contributed by atoms with Gasteiger partial charge in [0.1, 0.15) is 11.5 Å². The van der Waals surface area contributed by atoms with Crippen molar-refractivity contribution in [2.45, 2.75) is 0 Å². The molecule has 2 heterocycles. The number of nitrogens with one attached hydrogen (secondary N) is 2. The minimum atomic E-state index is -0.384. The summed E-state index contributed by atoms with van der Waals surface area (Å²) in [6.07, 6.45) is 3.36. The molecular weight excluding hydrogens is 344 g/mol. The summed E-state index contributed by atoms with van der Waals surface area (Å²) >= 11 is 0. The van der Waals surface area contributed by atoms with Crippen molar-refractivity contribution in [3.63, 3.8) is 0 Å². The van der Waals surface area contributed by atoms with Crippen LogP contribution in [0.3, 0.4) is 0 Å². The molecule has 2 aromatic carbocycles. The summed E-state index contributed by atoms with van der Waals surface area (Å²) in [5.41, 5.74) is 2.82. The van der Waals surface area contributed by atoms with Crippen LogP contribution in [0.25, 0.3) is 11.0 Å². The second-order valence-corrected chi connectivity index (χ2v) is 5.74. The number of fused-ring (bicyclic) bond motifs is 1. The zero-order valence-corrected chi connectivity index (χ0v) is 14.5. The number of pyridine rings is 1. The van der Waals surface area contributed by atoms with Crippen LogP contribution < -0.4 is 10.1 Å². The Bertz CT molecular complexity index is 1080. The number of carbonyl (C=O) groups is 1. The minimum Gasteiger partial charge on any atom is -0.465 e. The normalized spacial score (nSPS) is 10.6. The standard InChI is InChI=1S/C20H16N4O3/c1-26-19(25)13-2-7-17-18(12-13)24-20(23-17)22-14-3-5-15(6-4-14)27-16-8-10-21-11-9-16/h2-12H,1H3,(H2,22,23,24). The van der Waals surface area contributed by atoms with Crippen molar-refractivity contribution in [2.75, 3.05) is 12.4 Å². The van der Waals surface area contributed by atoms with Crippen molar-refractivity contribution in [1.29, 1.82) is 0 Å². The summed E-state index contributed by atoms with van der Waals surface area (Å²) in [4.78, 5) is 23.2. The first-order valence-corrected chi connectivity index (χ1v) is 8.24. The highest BCUT2D eigenvalue weighted by Crippen LogP contribution is 2.24. The third-order valence-corrected chi connectivity index (χ3v) is 3.91. The second kappa shape index (κ2) is 7.17. The van der Waals surface area contributed by atoms with Crippen molar-refractivity contribution < 1.29 is 14.3 Å². The molecule has 0 radical (unpaired) electrons. The Labute approximate surface area is 155 Å². The Morgan fingerprint density at radius 3 is 2.48 bits per heavy atom. The number of H-pyrrole nitrogens is 1. The van der Waals surface area contributed by atoms with E-state index < -0.39 is 0 Å². The van der Waals surface area contributed by atoms with E-state index >= 15 is 0 Å². The quantitative estimate of drug-likeness (QED) is 0.516. The first-order valence-electron chi connectivity index (χ1n) is 8.24. The van der Waals surface area contributed by atoms with E-state index in [1.165, 1.54) is 7.11 Å². The van der Waals surface area contributed by atoms with Gasteiger partial charge < -0.3 is 19.8 Å². The summed E-state index contributed by atoms with van der Waals surface area (Å²) in [5.74, 6) is 1.64. The molecule has 0 atom stereocenters. The van der Waals surface area contributed by atoms with Crippen LogP contribution >= 0.6 is 0 Å². The van der Waals surface area contributed by atoms with Gasteiger partial charge >= 0.3 is 5.97 Å². The van der Waals surface area contributed by atoms with Crippen molar-refractivity contribution in [3.05, 3.63) is 72.6 Å². The van der Waals surface area contributed by atoms with Crippen LogP contribution in [0.4, 0.5) is 11.6 Å². The van der Waals surface area contributed by atoms with Gasteiger partial charge in [-0.1, -0.05) is 0 Å². The highest BCUT2D eigenvalue weighted by atomic mass is 16.5. The molecule has 4 aromatic rings. The smallest absolute Gasteiger partial charge is 0.337 e. The van der Waals surface area contributed by atoms with Crippen molar-refractivity contribution >= 4 is 28.6 Å². The Hall–Kier alpha value is -3.87. The first kappa shape index (κ1) is 16.6. The number of imidazole rings is 1. The molecule has 0 aliphatic heterocycles. The maximum atomic E-state index is 11.6. The zero-order valence-electron chi connectivity index (χ0n) is 14.5. The molecule has 0 saturated carbocycles. The number of nitrogens with zero attached hydrogens (tertiary/aromatic N) is 2. The van der Waals surface area contributed by atoms with Crippen LogP contribution in [0.5, 0.6) is 11.5 Å². The Balaban J connectivity index is 1.49. The van der Waals surface area contributed by atoms with E-state index in [1.807, 2.05) is 24.3 Å². The molecule has 2 N–H and O–H groups in total. The number of ether oxygens (including phenoxy) is 2. The number of aromatic nitrogens is 3. The third kappa shape index (κ3) is 3.72. The Morgan fingerprint density at radius 1 is 1.00 bits per heavy atom. The van der Waals surface area contributed by atoms with Gasteiger partial charge in [-0.05, 0) is 54.6 Å². The van der Waals surface area contributed by atoms with E-state index in [2.05, 4.69) is 20.3 Å². The molecule has 0 saturated heterocycles. The van der Waals surface area contributed by atoms with E-state index in [1.54, 1.807) is 42.7 Å². The van der Waals surface area contributed by atoms with E-state index in [9.17, 15) is 4.79 Å². The van der Waals surface area contributed by atoms with Crippen molar-refractivity contribution in [1.82, 2.24) is 15.0 Å². The fourth-order valence-electron chi connectivity index (χ4n) is 2.60. The van der Waals surface area contributed by atoms with E-state index in [0.29, 0.717) is 11.5 Å². The average Bonchev–Trinajstić information content (AvgIpc) is 3.11. The molecule has 7 nitrogen and oxygen atoms in total. The van der Waals surface area contributed by atoms with Gasteiger partial charge in [0.2, 0.25) is 5.95 Å². The van der Waals surface area contributed by atoms with Crippen LogP contribution in [0.2, 0.25) is 0 Å². The number of carbonyl (C=O) groups excluding carboxylic acids is 1. The van der Waals surface area contributed by atoms with Crippen molar-refractivity contribution in [2.24, 2.45) is 0 Å². The lowest BCUT2D eigenvalue weighted by Crippen LogP contribution is -2.00. The number of aromatic amines is 1. The molecule has 134 valence electrons. The maximum absolute atomic E-state index is 11.6. The second-order valence-electron chi connectivity index (χ2n) is 5.74. The van der Waals surface area contributed by atoms with Crippen LogP contribution in [0, 0.1) is 0 Å². The Kier molecular flexibility index (Phi) is 4.40. The molecule has 2 aromatic heterocycles. The first-order chi connectivity index (χ1) is 13.2. The molecule has 0 aliphatic carbocycles. The minimum absolute atomic E-state index is 0.384. The molecule has 7 heteroatoms. The predicted molar refractivity (Wildman–Crippen MR) is 101 cm³/mol. The van der Waals surface area contributed by atoms with Crippen LogP contribution in [-0.2, 0) is 4.74 Å². The molecule has 4 rings (SSSR count). The van der Waals surface area contributed by atoms with Gasteiger partial charge in [-0.15, -0.1) is 0 Å². The largest absolute Gasteiger partial charge is 0.465 e. The molecule has 27 heavy (non-hydrogen) atoms. The molecule has 0 bridgehead atoms. The van der Waals surface area contributed by atoms with Crippen molar-refractivity contribution in [3.8, 4) is 11.5 Å². The monoisotopic (exact) mass is 360 g/mol. The SMILES string of the molecule is COC(=O)c1ccc2nc(Nc3ccc(Oc4ccncc4)cc3)[nH]c2c1. The molecule has 0 unspecified atom stereocenters. The highest BCUT2D eigenvalue weighted by molar-refractivity contribution is 5.94. The molecule has 0 spiro atoms. The average molecular weight is 360 g/mol. The van der Waals surface area contributed by atoms with E-state index in [0.717, 1.165) is 28.2 Å². The number of hydrogen-bond acceptors (Lipinski definition) is 6. The predicted octanol–water partition coefficient (Wildman–Crippen LogP) is 4.28. The van der Waals surface area contributed by atoms with E-state index in [-0.39, 0.29) is 5.97 Å².